The van der Waals surface area contributed by atoms with E-state index in [4.69, 9.17) is 14.6 Å². The zero-order valence-electron chi connectivity index (χ0n) is 11.7. The number of hydrogen-bond acceptors (Lipinski definition) is 6. The first-order valence-corrected chi connectivity index (χ1v) is 6.38. The van der Waals surface area contributed by atoms with Crippen LogP contribution in [0.15, 0.2) is 18.2 Å². The molecule has 0 saturated carbocycles. The number of ether oxygens (including phenoxy) is 2. The van der Waals surface area contributed by atoms with Crippen molar-refractivity contribution < 1.29 is 24.3 Å². The van der Waals surface area contributed by atoms with E-state index in [0.717, 1.165) is 6.42 Å². The maximum Gasteiger partial charge on any atom is 0.342 e. The highest BCUT2D eigenvalue weighted by Crippen LogP contribution is 2.23. The number of aromatic carboxylic acids is 1. The molecule has 2 N–H and O–H groups in total. The Morgan fingerprint density at radius 3 is 2.76 bits per heavy atom. The van der Waals surface area contributed by atoms with Gasteiger partial charge in [-0.1, -0.05) is 0 Å². The zero-order chi connectivity index (χ0) is 15.7. The third-order valence-corrected chi connectivity index (χ3v) is 2.65. The summed E-state index contributed by atoms with van der Waals surface area (Å²) >= 11 is 0. The number of carbonyl (C=O) groups is 1. The summed E-state index contributed by atoms with van der Waals surface area (Å²) in [5, 5.41) is 22.7. The van der Waals surface area contributed by atoms with Crippen molar-refractivity contribution in [3.05, 3.63) is 33.9 Å². The quantitative estimate of drug-likeness (QED) is 0.384. The second-order valence-electron chi connectivity index (χ2n) is 4.18. The first-order chi connectivity index (χ1) is 10.1. The number of nitrogens with zero attached hydrogens (tertiary/aromatic N) is 1. The summed E-state index contributed by atoms with van der Waals surface area (Å²) in [4.78, 5) is 21.0. The summed E-state index contributed by atoms with van der Waals surface area (Å²) in [5.74, 6) is -1.32. The van der Waals surface area contributed by atoms with Gasteiger partial charge in [-0.25, -0.2) is 4.79 Å². The van der Waals surface area contributed by atoms with Crippen molar-refractivity contribution in [3.8, 4) is 0 Å². The molecule has 0 aromatic heterocycles. The Kier molecular flexibility index (Phi) is 7.13. The lowest BCUT2D eigenvalue weighted by molar-refractivity contribution is -0.385. The highest BCUT2D eigenvalue weighted by molar-refractivity contribution is 5.93. The lowest BCUT2D eigenvalue weighted by Crippen LogP contribution is -2.09. The van der Waals surface area contributed by atoms with E-state index in [1.807, 2.05) is 0 Å². The Morgan fingerprint density at radius 1 is 1.38 bits per heavy atom. The van der Waals surface area contributed by atoms with Crippen molar-refractivity contribution in [1.82, 2.24) is 0 Å². The monoisotopic (exact) mass is 298 g/mol. The van der Waals surface area contributed by atoms with E-state index < -0.39 is 16.6 Å². The lowest BCUT2D eigenvalue weighted by atomic mass is 10.1. The Morgan fingerprint density at radius 2 is 2.14 bits per heavy atom. The fourth-order valence-electron chi connectivity index (χ4n) is 1.62. The minimum Gasteiger partial charge on any atom is -0.477 e. The Labute approximate surface area is 121 Å². The summed E-state index contributed by atoms with van der Waals surface area (Å²) < 4.78 is 10.1. The van der Waals surface area contributed by atoms with Crippen LogP contribution in [0.25, 0.3) is 0 Å². The van der Waals surface area contributed by atoms with Gasteiger partial charge in [0.05, 0.1) is 18.1 Å². The van der Waals surface area contributed by atoms with Crippen LogP contribution in [0.3, 0.4) is 0 Å². The number of rotatable bonds is 10. The zero-order valence-corrected chi connectivity index (χ0v) is 11.7. The molecule has 8 nitrogen and oxygen atoms in total. The number of anilines is 1. The van der Waals surface area contributed by atoms with E-state index in [1.165, 1.54) is 18.2 Å². The van der Waals surface area contributed by atoms with Gasteiger partial charge in [0.25, 0.3) is 5.69 Å². The minimum absolute atomic E-state index is 0.326. The molecule has 0 aliphatic heterocycles. The first-order valence-electron chi connectivity index (χ1n) is 6.38. The number of nitro groups is 1. The number of carboxylic acids is 1. The molecule has 0 spiro atoms. The molecule has 0 aliphatic rings. The van der Waals surface area contributed by atoms with E-state index in [1.54, 1.807) is 7.11 Å². The molecule has 0 atom stereocenters. The van der Waals surface area contributed by atoms with Crippen LogP contribution in [0, 0.1) is 10.1 Å². The predicted molar refractivity (Wildman–Crippen MR) is 75.9 cm³/mol. The molecule has 0 radical (unpaired) electrons. The predicted octanol–water partition coefficient (Wildman–Crippen LogP) is 1.76. The van der Waals surface area contributed by atoms with Crippen LogP contribution in [0.5, 0.6) is 0 Å². The van der Waals surface area contributed by atoms with Crippen LogP contribution in [0.2, 0.25) is 0 Å². The van der Waals surface area contributed by atoms with E-state index >= 15 is 0 Å². The molecule has 8 heteroatoms. The maximum atomic E-state index is 10.9. The minimum atomic E-state index is -1.32. The highest BCUT2D eigenvalue weighted by Gasteiger charge is 2.19. The number of hydrogen-bond donors (Lipinski definition) is 2. The average Bonchev–Trinajstić information content (AvgIpc) is 2.46. The van der Waals surface area contributed by atoms with Gasteiger partial charge in [0.2, 0.25) is 0 Å². The summed E-state index contributed by atoms with van der Waals surface area (Å²) in [5.41, 5.74) is -0.249. The standard InChI is InChI=1S/C13H18N2O6/c1-20-7-8-21-6-2-5-14-10-3-4-11(13(16)17)12(9-10)15(18)19/h3-4,9,14H,2,5-8H2,1H3,(H,16,17). The van der Waals surface area contributed by atoms with Crippen molar-refractivity contribution in [2.75, 3.05) is 38.8 Å². The van der Waals surface area contributed by atoms with Gasteiger partial charge in [0.15, 0.2) is 0 Å². The fourth-order valence-corrected chi connectivity index (χ4v) is 1.62. The molecular formula is C13H18N2O6. The Bertz CT molecular complexity index is 492. The topological polar surface area (TPSA) is 111 Å². The van der Waals surface area contributed by atoms with Gasteiger partial charge in [-0.3, -0.25) is 10.1 Å². The van der Waals surface area contributed by atoms with E-state index in [2.05, 4.69) is 5.32 Å². The van der Waals surface area contributed by atoms with Crippen molar-refractivity contribution in [2.24, 2.45) is 0 Å². The molecule has 0 aliphatic carbocycles. The van der Waals surface area contributed by atoms with Gasteiger partial charge < -0.3 is 19.9 Å². The number of nitro benzene ring substituents is 1. The number of benzene rings is 1. The molecule has 1 aromatic carbocycles. The van der Waals surface area contributed by atoms with Crippen LogP contribution < -0.4 is 5.32 Å². The van der Waals surface area contributed by atoms with Crippen molar-refractivity contribution in [3.63, 3.8) is 0 Å². The molecule has 0 saturated heterocycles. The largest absolute Gasteiger partial charge is 0.477 e. The van der Waals surface area contributed by atoms with Gasteiger partial charge in [0, 0.05) is 32.0 Å². The molecule has 0 amide bonds. The van der Waals surface area contributed by atoms with Crippen molar-refractivity contribution >= 4 is 17.3 Å². The normalized spacial score (nSPS) is 10.3. The van der Waals surface area contributed by atoms with Crippen LogP contribution in [0.1, 0.15) is 16.8 Å². The van der Waals surface area contributed by atoms with Crippen LogP contribution >= 0.6 is 0 Å². The third-order valence-electron chi connectivity index (χ3n) is 2.65. The molecule has 0 heterocycles. The SMILES string of the molecule is COCCOCCCNc1ccc(C(=O)O)c([N+](=O)[O-])c1. The average molecular weight is 298 g/mol. The van der Waals surface area contributed by atoms with E-state index in [0.29, 0.717) is 32.1 Å². The fraction of sp³-hybridized carbons (Fsp3) is 0.462. The molecular weight excluding hydrogens is 280 g/mol. The molecule has 21 heavy (non-hydrogen) atoms. The Hall–Kier alpha value is -2.19. The summed E-state index contributed by atoms with van der Waals surface area (Å²) in [7, 11) is 1.60. The van der Waals surface area contributed by atoms with Gasteiger partial charge in [-0.2, -0.15) is 0 Å². The smallest absolute Gasteiger partial charge is 0.342 e. The number of methoxy groups -OCH3 is 1. The molecule has 116 valence electrons. The maximum absolute atomic E-state index is 10.9. The van der Waals surface area contributed by atoms with Gasteiger partial charge in [-0.15, -0.1) is 0 Å². The second-order valence-corrected chi connectivity index (χ2v) is 4.18. The highest BCUT2D eigenvalue weighted by atomic mass is 16.6. The van der Waals surface area contributed by atoms with Crippen molar-refractivity contribution in [1.29, 1.82) is 0 Å². The van der Waals surface area contributed by atoms with Crippen molar-refractivity contribution in [2.45, 2.75) is 6.42 Å². The molecule has 0 fully saturated rings. The first kappa shape index (κ1) is 16.9. The summed E-state index contributed by atoms with van der Waals surface area (Å²) in [6.07, 6.45) is 0.720. The molecule has 1 aromatic rings. The summed E-state index contributed by atoms with van der Waals surface area (Å²) in [6.45, 7) is 2.17. The van der Waals surface area contributed by atoms with Gasteiger partial charge in [-0.05, 0) is 18.6 Å². The third kappa shape index (κ3) is 5.76. The summed E-state index contributed by atoms with van der Waals surface area (Å²) in [6, 6.07) is 3.94. The second kappa shape index (κ2) is 8.88. The number of nitrogens with one attached hydrogen (secondary N) is 1. The van der Waals surface area contributed by atoms with Gasteiger partial charge >= 0.3 is 5.97 Å². The number of carboxylic acid groups (broad SMARTS) is 1. The van der Waals surface area contributed by atoms with Crippen LogP contribution in [-0.2, 0) is 9.47 Å². The van der Waals surface area contributed by atoms with Gasteiger partial charge in [0.1, 0.15) is 5.56 Å². The van der Waals surface area contributed by atoms with Crippen LogP contribution in [-0.4, -0.2) is 49.5 Å². The molecule has 1 rings (SSSR count). The lowest BCUT2D eigenvalue weighted by Gasteiger charge is -2.08. The Balaban J connectivity index is 2.47. The van der Waals surface area contributed by atoms with E-state index in [9.17, 15) is 14.9 Å². The van der Waals surface area contributed by atoms with E-state index in [-0.39, 0.29) is 5.56 Å². The molecule has 0 unspecified atom stereocenters. The molecule has 0 bridgehead atoms. The van der Waals surface area contributed by atoms with Crippen LogP contribution in [0.4, 0.5) is 11.4 Å².